The van der Waals surface area contributed by atoms with Gasteiger partial charge >= 0.3 is 0 Å². The number of benzene rings is 3. The molecule has 0 atom stereocenters. The second kappa shape index (κ2) is 12.6. The van der Waals surface area contributed by atoms with Crippen LogP contribution in [0.2, 0.25) is 5.02 Å². The van der Waals surface area contributed by atoms with Crippen LogP contribution in [0.4, 0.5) is 5.13 Å². The van der Waals surface area contributed by atoms with Gasteiger partial charge in [-0.25, -0.2) is 5.43 Å². The van der Waals surface area contributed by atoms with Gasteiger partial charge in [-0.15, -0.1) is 10.2 Å². The molecule has 0 unspecified atom stereocenters. The van der Waals surface area contributed by atoms with Crippen molar-refractivity contribution in [1.82, 2.24) is 15.6 Å². The first kappa shape index (κ1) is 25.8. The Morgan fingerprint density at radius 2 is 1.81 bits per heavy atom. The van der Waals surface area contributed by atoms with E-state index >= 15 is 0 Å². The molecule has 3 aromatic carbocycles. The Morgan fingerprint density at radius 1 is 1.03 bits per heavy atom. The standard InChI is InChI=1S/C26H22ClN5O4S/c1-35-22-13-17(11-12-21(22)36-16-19-9-5-6-10-20(19)27)15-28-30-23(33)14-24-31-32-26(37-24)29-25(34)18-7-3-2-4-8-18/h2-13,15H,14,16H2,1H3,(H,30,33)(H,29,32,34)/b28-15-. The SMILES string of the molecule is COc1cc(/C=N\NC(=O)Cc2nnc(NC(=O)c3ccccc3)s2)ccc1OCc1ccccc1Cl. The maximum Gasteiger partial charge on any atom is 0.257 e. The zero-order chi connectivity index (χ0) is 26.0. The third-order valence-electron chi connectivity index (χ3n) is 4.97. The van der Waals surface area contributed by atoms with Gasteiger partial charge < -0.3 is 9.47 Å². The Labute approximate surface area is 222 Å². The van der Waals surface area contributed by atoms with Crippen molar-refractivity contribution in [3.8, 4) is 11.5 Å². The number of halogens is 1. The highest BCUT2D eigenvalue weighted by molar-refractivity contribution is 7.15. The molecule has 2 amide bonds. The molecular weight excluding hydrogens is 514 g/mol. The maximum absolute atomic E-state index is 12.3. The molecule has 0 radical (unpaired) electrons. The largest absolute Gasteiger partial charge is 0.493 e. The van der Waals surface area contributed by atoms with Gasteiger partial charge in [0.05, 0.1) is 19.7 Å². The number of hydrogen-bond donors (Lipinski definition) is 2. The minimum absolute atomic E-state index is 0.0334. The second-order valence-corrected chi connectivity index (χ2v) is 9.05. The van der Waals surface area contributed by atoms with Crippen LogP contribution in [0.5, 0.6) is 11.5 Å². The van der Waals surface area contributed by atoms with Gasteiger partial charge in [0.15, 0.2) is 11.5 Å². The highest BCUT2D eigenvalue weighted by Crippen LogP contribution is 2.29. The number of aromatic nitrogens is 2. The van der Waals surface area contributed by atoms with E-state index in [0.29, 0.717) is 44.4 Å². The van der Waals surface area contributed by atoms with Crippen LogP contribution in [0.15, 0.2) is 77.9 Å². The van der Waals surface area contributed by atoms with Crippen LogP contribution in [0.25, 0.3) is 0 Å². The quantitative estimate of drug-likeness (QED) is 0.224. The number of hydrogen-bond acceptors (Lipinski definition) is 8. The van der Waals surface area contributed by atoms with Crippen molar-refractivity contribution < 1.29 is 19.1 Å². The number of carbonyl (C=O) groups excluding carboxylic acids is 2. The fraction of sp³-hybridized carbons (Fsp3) is 0.115. The van der Waals surface area contributed by atoms with E-state index in [2.05, 4.69) is 26.0 Å². The molecule has 37 heavy (non-hydrogen) atoms. The molecule has 11 heteroatoms. The zero-order valence-electron chi connectivity index (χ0n) is 19.7. The zero-order valence-corrected chi connectivity index (χ0v) is 21.3. The lowest BCUT2D eigenvalue weighted by Crippen LogP contribution is -2.19. The molecule has 0 saturated carbocycles. The van der Waals surface area contributed by atoms with E-state index in [1.807, 2.05) is 24.3 Å². The van der Waals surface area contributed by atoms with Crippen LogP contribution >= 0.6 is 22.9 Å². The average Bonchev–Trinajstić information content (AvgIpc) is 3.35. The predicted molar refractivity (Wildman–Crippen MR) is 143 cm³/mol. The summed E-state index contributed by atoms with van der Waals surface area (Å²) in [5.74, 6) is 0.393. The number of carbonyl (C=O) groups is 2. The van der Waals surface area contributed by atoms with E-state index in [9.17, 15) is 9.59 Å². The van der Waals surface area contributed by atoms with Crippen LogP contribution in [0.1, 0.15) is 26.5 Å². The van der Waals surface area contributed by atoms with Crippen molar-refractivity contribution in [2.24, 2.45) is 5.10 Å². The summed E-state index contributed by atoms with van der Waals surface area (Å²) >= 11 is 7.30. The lowest BCUT2D eigenvalue weighted by Gasteiger charge is -2.12. The van der Waals surface area contributed by atoms with Gasteiger partial charge in [0.25, 0.3) is 5.91 Å². The van der Waals surface area contributed by atoms with Crippen molar-refractivity contribution in [1.29, 1.82) is 0 Å². The van der Waals surface area contributed by atoms with Crippen molar-refractivity contribution in [2.75, 3.05) is 12.4 Å². The van der Waals surface area contributed by atoms with Gasteiger partial charge in [0, 0.05) is 16.1 Å². The summed E-state index contributed by atoms with van der Waals surface area (Å²) in [6, 6.07) is 21.5. The maximum atomic E-state index is 12.3. The summed E-state index contributed by atoms with van der Waals surface area (Å²) in [6.07, 6.45) is 1.46. The topological polar surface area (TPSA) is 115 Å². The molecule has 4 rings (SSSR count). The Hall–Kier alpha value is -4.28. The molecule has 1 heterocycles. The normalized spacial score (nSPS) is 10.8. The summed E-state index contributed by atoms with van der Waals surface area (Å²) in [6.45, 7) is 0.294. The molecule has 188 valence electrons. The van der Waals surface area contributed by atoms with Crippen LogP contribution < -0.4 is 20.2 Å². The Kier molecular flexibility index (Phi) is 8.79. The number of ether oxygens (including phenoxy) is 2. The Morgan fingerprint density at radius 3 is 2.59 bits per heavy atom. The van der Waals surface area contributed by atoms with Crippen LogP contribution in [-0.2, 0) is 17.8 Å². The number of hydrazone groups is 1. The first-order valence-electron chi connectivity index (χ1n) is 11.1. The molecule has 0 aliphatic carbocycles. The van der Waals surface area contributed by atoms with E-state index in [1.165, 1.54) is 6.21 Å². The minimum atomic E-state index is -0.375. The molecule has 0 saturated heterocycles. The molecule has 1 aromatic heterocycles. The molecule has 2 N–H and O–H groups in total. The van der Waals surface area contributed by atoms with E-state index in [4.69, 9.17) is 21.1 Å². The van der Waals surface area contributed by atoms with E-state index in [-0.39, 0.29) is 18.2 Å². The summed E-state index contributed by atoms with van der Waals surface area (Å²) in [5, 5.41) is 15.9. The molecule has 4 aromatic rings. The van der Waals surface area contributed by atoms with E-state index < -0.39 is 0 Å². The van der Waals surface area contributed by atoms with Gasteiger partial charge in [0.1, 0.15) is 11.6 Å². The Balaban J connectivity index is 1.28. The lowest BCUT2D eigenvalue weighted by molar-refractivity contribution is -0.120. The summed E-state index contributed by atoms with van der Waals surface area (Å²) in [7, 11) is 1.54. The second-order valence-electron chi connectivity index (χ2n) is 7.58. The molecule has 9 nitrogen and oxygen atoms in total. The summed E-state index contributed by atoms with van der Waals surface area (Å²) in [4.78, 5) is 24.5. The molecule has 0 spiro atoms. The number of rotatable bonds is 10. The van der Waals surface area contributed by atoms with E-state index in [1.54, 1.807) is 55.6 Å². The van der Waals surface area contributed by atoms with Gasteiger partial charge in [0.2, 0.25) is 11.0 Å². The van der Waals surface area contributed by atoms with Gasteiger partial charge in [-0.3, -0.25) is 14.9 Å². The number of methoxy groups -OCH3 is 1. The number of nitrogens with zero attached hydrogens (tertiary/aromatic N) is 3. The number of nitrogens with one attached hydrogen (secondary N) is 2. The van der Waals surface area contributed by atoms with Gasteiger partial charge in [-0.1, -0.05) is 59.3 Å². The third kappa shape index (κ3) is 7.35. The highest BCUT2D eigenvalue weighted by Gasteiger charge is 2.12. The summed E-state index contributed by atoms with van der Waals surface area (Å²) < 4.78 is 11.3. The van der Waals surface area contributed by atoms with Crippen molar-refractivity contribution in [2.45, 2.75) is 13.0 Å². The molecule has 0 fully saturated rings. The predicted octanol–water partition coefficient (Wildman–Crippen LogP) is 4.72. The molecule has 0 bridgehead atoms. The number of amides is 2. The summed E-state index contributed by atoms with van der Waals surface area (Å²) in [5.41, 5.74) is 4.52. The van der Waals surface area contributed by atoms with Gasteiger partial charge in [-0.2, -0.15) is 5.10 Å². The lowest BCUT2D eigenvalue weighted by atomic mass is 10.2. The van der Waals surface area contributed by atoms with E-state index in [0.717, 1.165) is 16.9 Å². The fourth-order valence-electron chi connectivity index (χ4n) is 3.14. The van der Waals surface area contributed by atoms with Crippen LogP contribution in [0, 0.1) is 0 Å². The van der Waals surface area contributed by atoms with Crippen LogP contribution in [0.3, 0.4) is 0 Å². The Bertz CT molecular complexity index is 1410. The van der Waals surface area contributed by atoms with Crippen molar-refractivity contribution in [3.05, 3.63) is 99.5 Å². The fourth-order valence-corrected chi connectivity index (χ4v) is 4.07. The third-order valence-corrected chi connectivity index (χ3v) is 6.17. The minimum Gasteiger partial charge on any atom is -0.493 e. The molecule has 0 aliphatic rings. The first-order valence-corrected chi connectivity index (χ1v) is 12.3. The van der Waals surface area contributed by atoms with Gasteiger partial charge in [-0.05, 0) is 42.0 Å². The van der Waals surface area contributed by atoms with Crippen molar-refractivity contribution >= 4 is 46.1 Å². The number of anilines is 1. The average molecular weight is 536 g/mol. The highest BCUT2D eigenvalue weighted by atomic mass is 35.5. The molecular formula is C26H22ClN5O4S. The van der Waals surface area contributed by atoms with Crippen LogP contribution in [-0.4, -0.2) is 35.3 Å². The first-order chi connectivity index (χ1) is 18.0. The molecule has 0 aliphatic heterocycles. The smallest absolute Gasteiger partial charge is 0.257 e. The monoisotopic (exact) mass is 535 g/mol. The van der Waals surface area contributed by atoms with Crippen molar-refractivity contribution in [3.63, 3.8) is 0 Å².